The van der Waals surface area contributed by atoms with Gasteiger partial charge in [0.05, 0.1) is 12.1 Å². The third kappa shape index (κ3) is 2.01. The van der Waals surface area contributed by atoms with Crippen LogP contribution in [-0.2, 0) is 16.1 Å². The van der Waals surface area contributed by atoms with Gasteiger partial charge in [-0.25, -0.2) is 0 Å². The summed E-state index contributed by atoms with van der Waals surface area (Å²) in [5, 5.41) is 0. The molecule has 0 aromatic carbocycles. The maximum Gasteiger partial charge on any atom is 0.246 e. The second-order valence-electron chi connectivity index (χ2n) is 4.76. The predicted octanol–water partition coefficient (Wildman–Crippen LogP) is 0.866. The van der Waals surface area contributed by atoms with Crippen molar-refractivity contribution in [1.29, 1.82) is 0 Å². The highest BCUT2D eigenvalue weighted by atomic mass is 32.1. The van der Waals surface area contributed by atoms with E-state index >= 15 is 0 Å². The number of nitrogens with zero attached hydrogens (tertiary/aromatic N) is 3. The monoisotopic (exact) mass is 265 g/mol. The number of piperazine rings is 1. The Labute approximate surface area is 109 Å². The molecule has 0 aliphatic carbocycles. The van der Waals surface area contributed by atoms with Crippen LogP contribution >= 0.6 is 11.3 Å². The highest BCUT2D eigenvalue weighted by Gasteiger charge is 2.40. The number of amides is 2. The quantitative estimate of drug-likeness (QED) is 0.797. The van der Waals surface area contributed by atoms with Crippen molar-refractivity contribution in [2.24, 2.45) is 0 Å². The predicted molar refractivity (Wildman–Crippen MR) is 66.9 cm³/mol. The lowest BCUT2D eigenvalue weighted by Gasteiger charge is -2.42. The van der Waals surface area contributed by atoms with Crippen LogP contribution in [0, 0.1) is 0 Å². The Morgan fingerprint density at radius 2 is 2.28 bits per heavy atom. The zero-order valence-corrected chi connectivity index (χ0v) is 10.9. The van der Waals surface area contributed by atoms with Gasteiger partial charge in [-0.3, -0.25) is 14.6 Å². The first-order chi connectivity index (χ1) is 8.75. The van der Waals surface area contributed by atoms with Gasteiger partial charge in [0.2, 0.25) is 11.8 Å². The molecule has 1 aromatic rings. The van der Waals surface area contributed by atoms with Gasteiger partial charge < -0.3 is 9.80 Å². The number of hydrogen-bond donors (Lipinski definition) is 0. The highest BCUT2D eigenvalue weighted by molar-refractivity contribution is 7.09. The molecule has 2 aliphatic rings. The first-order valence-corrected chi connectivity index (χ1v) is 7.09. The van der Waals surface area contributed by atoms with Gasteiger partial charge in [0, 0.05) is 17.6 Å². The maximum absolute atomic E-state index is 12.3. The molecule has 1 aromatic heterocycles. The third-order valence-electron chi connectivity index (χ3n) is 3.58. The Kier molecular flexibility index (Phi) is 3.03. The van der Waals surface area contributed by atoms with E-state index in [0.29, 0.717) is 6.54 Å². The topological polar surface area (TPSA) is 53.5 Å². The summed E-state index contributed by atoms with van der Waals surface area (Å²) in [4.78, 5) is 32.8. The average Bonchev–Trinajstić information content (AvgIpc) is 2.89. The van der Waals surface area contributed by atoms with Crippen LogP contribution in [0.1, 0.15) is 24.1 Å². The summed E-state index contributed by atoms with van der Waals surface area (Å²) in [6, 6.07) is -0.215. The molecule has 0 bridgehead atoms. The van der Waals surface area contributed by atoms with E-state index in [9.17, 15) is 9.59 Å². The Bertz CT molecular complexity index is 460. The average molecular weight is 265 g/mol. The van der Waals surface area contributed by atoms with E-state index in [0.717, 1.165) is 30.7 Å². The highest BCUT2D eigenvalue weighted by Crippen LogP contribution is 2.24. The lowest BCUT2D eigenvalue weighted by molar-refractivity contribution is -0.158. The molecular weight excluding hydrogens is 250 g/mol. The number of piperidine rings is 1. The van der Waals surface area contributed by atoms with Crippen molar-refractivity contribution >= 4 is 23.2 Å². The fraction of sp³-hybridized carbons (Fsp3) is 0.583. The fourth-order valence-electron chi connectivity index (χ4n) is 2.67. The molecule has 96 valence electrons. The van der Waals surface area contributed by atoms with E-state index in [1.165, 1.54) is 11.3 Å². The molecule has 6 heteroatoms. The van der Waals surface area contributed by atoms with Crippen molar-refractivity contribution < 1.29 is 9.59 Å². The molecule has 0 radical (unpaired) electrons. The molecule has 0 N–H and O–H groups in total. The summed E-state index contributed by atoms with van der Waals surface area (Å²) < 4.78 is 0. The molecule has 2 saturated heterocycles. The van der Waals surface area contributed by atoms with Gasteiger partial charge in [0.15, 0.2) is 0 Å². The van der Waals surface area contributed by atoms with Gasteiger partial charge in [0.25, 0.3) is 0 Å². The van der Waals surface area contributed by atoms with Crippen LogP contribution in [0.15, 0.2) is 11.7 Å². The molecule has 2 amide bonds. The largest absolute Gasteiger partial charge is 0.329 e. The van der Waals surface area contributed by atoms with E-state index in [1.807, 2.05) is 0 Å². The number of thiazole rings is 1. The molecule has 3 rings (SSSR count). The summed E-state index contributed by atoms with van der Waals surface area (Å²) in [5.41, 5.74) is 1.75. The van der Waals surface area contributed by atoms with Crippen molar-refractivity contribution in [2.45, 2.75) is 31.8 Å². The normalized spacial score (nSPS) is 24.3. The molecule has 3 heterocycles. The first-order valence-electron chi connectivity index (χ1n) is 6.21. The Morgan fingerprint density at radius 3 is 3.06 bits per heavy atom. The number of carbonyl (C=O) groups is 2. The van der Waals surface area contributed by atoms with Crippen molar-refractivity contribution in [3.05, 3.63) is 16.6 Å². The van der Waals surface area contributed by atoms with Crippen LogP contribution in [0.5, 0.6) is 0 Å². The summed E-state index contributed by atoms with van der Waals surface area (Å²) in [6.45, 7) is 1.47. The Morgan fingerprint density at radius 1 is 1.39 bits per heavy atom. The van der Waals surface area contributed by atoms with Crippen LogP contribution in [0.4, 0.5) is 0 Å². The minimum Gasteiger partial charge on any atom is -0.329 e. The summed E-state index contributed by atoms with van der Waals surface area (Å²) in [5.74, 6) is 0.187. The fourth-order valence-corrected chi connectivity index (χ4v) is 3.28. The van der Waals surface area contributed by atoms with E-state index < -0.39 is 0 Å². The van der Waals surface area contributed by atoms with Crippen molar-refractivity contribution in [3.8, 4) is 0 Å². The third-order valence-corrected chi connectivity index (χ3v) is 4.34. The summed E-state index contributed by atoms with van der Waals surface area (Å²) in [7, 11) is 0. The molecule has 2 aliphatic heterocycles. The van der Waals surface area contributed by atoms with Gasteiger partial charge in [-0.05, 0) is 19.3 Å². The van der Waals surface area contributed by atoms with E-state index in [4.69, 9.17) is 0 Å². The van der Waals surface area contributed by atoms with Gasteiger partial charge in [-0.2, -0.15) is 0 Å². The van der Waals surface area contributed by atoms with Gasteiger partial charge in [-0.1, -0.05) is 0 Å². The van der Waals surface area contributed by atoms with Crippen molar-refractivity contribution in [3.63, 3.8) is 0 Å². The second kappa shape index (κ2) is 4.68. The lowest BCUT2D eigenvalue weighted by atomic mass is 9.98. The van der Waals surface area contributed by atoms with Crippen LogP contribution in [0.3, 0.4) is 0 Å². The van der Waals surface area contributed by atoms with E-state index in [1.54, 1.807) is 21.5 Å². The number of carbonyl (C=O) groups excluding carboxylic acids is 2. The van der Waals surface area contributed by atoms with Crippen LogP contribution in [-0.4, -0.2) is 45.7 Å². The minimum atomic E-state index is -0.215. The zero-order valence-electron chi connectivity index (χ0n) is 10.0. The minimum absolute atomic E-state index is 0.0869. The summed E-state index contributed by atoms with van der Waals surface area (Å²) in [6.07, 6.45) is 4.62. The Hall–Kier alpha value is -1.43. The Balaban J connectivity index is 1.76. The molecule has 1 unspecified atom stereocenters. The maximum atomic E-state index is 12.3. The van der Waals surface area contributed by atoms with Crippen LogP contribution in [0.25, 0.3) is 0 Å². The van der Waals surface area contributed by atoms with Crippen molar-refractivity contribution in [2.75, 3.05) is 13.1 Å². The van der Waals surface area contributed by atoms with Gasteiger partial charge in [-0.15, -0.1) is 11.3 Å². The van der Waals surface area contributed by atoms with Crippen LogP contribution in [0.2, 0.25) is 0 Å². The van der Waals surface area contributed by atoms with Crippen LogP contribution < -0.4 is 0 Å². The number of aromatic nitrogens is 1. The SMILES string of the molecule is O=C1C2CCCCN2C(=O)CN1Cc1cncs1. The molecule has 0 saturated carbocycles. The number of fused-ring (bicyclic) bond motifs is 1. The van der Waals surface area contributed by atoms with Gasteiger partial charge >= 0.3 is 0 Å². The van der Waals surface area contributed by atoms with Crippen molar-refractivity contribution in [1.82, 2.24) is 14.8 Å². The molecular formula is C12H15N3O2S. The van der Waals surface area contributed by atoms with E-state index in [-0.39, 0.29) is 24.4 Å². The second-order valence-corrected chi connectivity index (χ2v) is 5.73. The summed E-state index contributed by atoms with van der Waals surface area (Å²) >= 11 is 1.52. The first kappa shape index (κ1) is 11.6. The van der Waals surface area contributed by atoms with Gasteiger partial charge in [0.1, 0.15) is 12.6 Å². The molecule has 1 atom stereocenters. The molecule has 0 spiro atoms. The smallest absolute Gasteiger partial charge is 0.246 e. The number of rotatable bonds is 2. The standard InChI is InChI=1S/C12H15N3O2S/c16-11-7-14(6-9-5-13-8-18-9)12(17)10-3-1-2-4-15(10)11/h5,8,10H,1-4,6-7H2. The molecule has 5 nitrogen and oxygen atoms in total. The van der Waals surface area contributed by atoms with E-state index in [2.05, 4.69) is 4.98 Å². The lowest BCUT2D eigenvalue weighted by Crippen LogP contribution is -2.60. The zero-order chi connectivity index (χ0) is 12.5. The molecule has 2 fully saturated rings. The molecule has 18 heavy (non-hydrogen) atoms. The number of hydrogen-bond acceptors (Lipinski definition) is 4.